The highest BCUT2D eigenvalue weighted by Crippen LogP contribution is 2.25. The smallest absolute Gasteiger partial charge is 0.259 e. The molecule has 0 aromatic carbocycles. The number of fused-ring (bicyclic) bond motifs is 1. The monoisotopic (exact) mass is 327 g/mol. The van der Waals surface area contributed by atoms with Gasteiger partial charge in [-0.1, -0.05) is 5.16 Å². The Morgan fingerprint density at radius 1 is 1.33 bits per heavy atom. The molecule has 24 heavy (non-hydrogen) atoms. The molecule has 1 saturated heterocycles. The number of nitrogens with zero attached hydrogens (tertiary/aromatic N) is 6. The predicted molar refractivity (Wildman–Crippen MR) is 89.4 cm³/mol. The van der Waals surface area contributed by atoms with E-state index in [2.05, 4.69) is 51.3 Å². The van der Waals surface area contributed by atoms with Crippen molar-refractivity contribution in [1.82, 2.24) is 35.1 Å². The highest BCUT2D eigenvalue weighted by Gasteiger charge is 2.25. The standard InChI is InChI=1S/C16H21N7O/c1-10(2)23-15-11(8-19-23)6-12(7-18-15)16-20-14(21-24-16)13-9-17-4-5-22(13)3/h6-8,10,13,17H,4-5,9H2,1-3H3. The number of rotatable bonds is 3. The van der Waals surface area contributed by atoms with E-state index in [9.17, 15) is 0 Å². The molecule has 4 rings (SSSR count). The van der Waals surface area contributed by atoms with Crippen molar-refractivity contribution in [2.75, 3.05) is 26.7 Å². The average molecular weight is 327 g/mol. The van der Waals surface area contributed by atoms with Gasteiger partial charge in [0.05, 0.1) is 17.8 Å². The second-order valence-corrected chi connectivity index (χ2v) is 6.48. The van der Waals surface area contributed by atoms with Gasteiger partial charge in [-0.05, 0) is 27.0 Å². The zero-order valence-electron chi connectivity index (χ0n) is 14.1. The fourth-order valence-electron chi connectivity index (χ4n) is 3.02. The fraction of sp³-hybridized carbons (Fsp3) is 0.500. The van der Waals surface area contributed by atoms with Crippen LogP contribution >= 0.6 is 0 Å². The summed E-state index contributed by atoms with van der Waals surface area (Å²) >= 11 is 0. The van der Waals surface area contributed by atoms with E-state index in [1.54, 1.807) is 6.20 Å². The van der Waals surface area contributed by atoms with E-state index in [4.69, 9.17) is 4.52 Å². The van der Waals surface area contributed by atoms with Gasteiger partial charge in [0.25, 0.3) is 5.89 Å². The van der Waals surface area contributed by atoms with Crippen LogP contribution in [0.15, 0.2) is 23.0 Å². The van der Waals surface area contributed by atoms with Crippen LogP contribution in [0, 0.1) is 0 Å². The van der Waals surface area contributed by atoms with Gasteiger partial charge >= 0.3 is 0 Å². The van der Waals surface area contributed by atoms with Gasteiger partial charge in [-0.2, -0.15) is 10.1 Å². The van der Waals surface area contributed by atoms with Crippen molar-refractivity contribution in [3.63, 3.8) is 0 Å². The van der Waals surface area contributed by atoms with Crippen molar-refractivity contribution in [2.24, 2.45) is 0 Å². The second-order valence-electron chi connectivity index (χ2n) is 6.48. The predicted octanol–water partition coefficient (Wildman–Crippen LogP) is 1.64. The Balaban J connectivity index is 1.65. The first-order valence-electron chi connectivity index (χ1n) is 8.21. The lowest BCUT2D eigenvalue weighted by Crippen LogP contribution is -2.44. The van der Waals surface area contributed by atoms with Crippen molar-refractivity contribution in [2.45, 2.75) is 25.9 Å². The number of piperazine rings is 1. The normalized spacial score (nSPS) is 19.4. The molecule has 3 aromatic rings. The third-order valence-electron chi connectivity index (χ3n) is 4.42. The zero-order valence-corrected chi connectivity index (χ0v) is 14.1. The van der Waals surface area contributed by atoms with E-state index in [0.717, 1.165) is 36.2 Å². The number of hydrogen-bond donors (Lipinski definition) is 1. The largest absolute Gasteiger partial charge is 0.334 e. The summed E-state index contributed by atoms with van der Waals surface area (Å²) in [6.07, 6.45) is 3.59. The van der Waals surface area contributed by atoms with Crippen molar-refractivity contribution in [3.05, 3.63) is 24.3 Å². The molecule has 1 unspecified atom stereocenters. The van der Waals surface area contributed by atoms with Crippen molar-refractivity contribution < 1.29 is 4.52 Å². The van der Waals surface area contributed by atoms with Crippen LogP contribution in [0.1, 0.15) is 31.8 Å². The summed E-state index contributed by atoms with van der Waals surface area (Å²) in [7, 11) is 2.08. The summed E-state index contributed by atoms with van der Waals surface area (Å²) in [6, 6.07) is 2.40. The molecule has 4 heterocycles. The van der Waals surface area contributed by atoms with Crippen LogP contribution in [-0.4, -0.2) is 56.5 Å². The maximum absolute atomic E-state index is 5.47. The van der Waals surface area contributed by atoms with Gasteiger partial charge in [0.2, 0.25) is 0 Å². The molecule has 8 nitrogen and oxygen atoms in total. The van der Waals surface area contributed by atoms with Gasteiger partial charge in [-0.25, -0.2) is 9.67 Å². The molecule has 1 atom stereocenters. The number of aromatic nitrogens is 5. The lowest BCUT2D eigenvalue weighted by atomic mass is 10.2. The second kappa shape index (κ2) is 5.95. The Labute approximate surface area is 139 Å². The Hall–Kier alpha value is -2.32. The lowest BCUT2D eigenvalue weighted by Gasteiger charge is -2.30. The minimum atomic E-state index is 0.136. The first-order chi connectivity index (χ1) is 11.6. The molecule has 1 aliphatic rings. The third-order valence-corrected chi connectivity index (χ3v) is 4.42. The summed E-state index contributed by atoms with van der Waals surface area (Å²) < 4.78 is 7.38. The number of nitrogens with one attached hydrogen (secondary N) is 1. The van der Waals surface area contributed by atoms with E-state index in [0.29, 0.717) is 11.7 Å². The van der Waals surface area contributed by atoms with Crippen LogP contribution in [0.4, 0.5) is 0 Å². The minimum Gasteiger partial charge on any atom is -0.334 e. The molecule has 0 aliphatic carbocycles. The maximum atomic E-state index is 5.47. The summed E-state index contributed by atoms with van der Waals surface area (Å²) in [5, 5.41) is 12.9. The van der Waals surface area contributed by atoms with Crippen LogP contribution < -0.4 is 5.32 Å². The Morgan fingerprint density at radius 2 is 2.21 bits per heavy atom. The topological polar surface area (TPSA) is 84.9 Å². The number of hydrogen-bond acceptors (Lipinski definition) is 7. The van der Waals surface area contributed by atoms with Crippen LogP contribution in [0.5, 0.6) is 0 Å². The molecule has 8 heteroatoms. The third kappa shape index (κ3) is 2.57. The van der Waals surface area contributed by atoms with Crippen molar-refractivity contribution >= 4 is 11.0 Å². The average Bonchev–Trinajstić information content (AvgIpc) is 3.21. The molecule has 1 aliphatic heterocycles. The summed E-state index contributed by atoms with van der Waals surface area (Å²) in [6.45, 7) is 6.95. The Bertz CT molecular complexity index is 853. The van der Waals surface area contributed by atoms with E-state index in [1.807, 2.05) is 16.9 Å². The van der Waals surface area contributed by atoms with E-state index < -0.39 is 0 Å². The summed E-state index contributed by atoms with van der Waals surface area (Å²) in [5.41, 5.74) is 1.68. The van der Waals surface area contributed by atoms with Gasteiger partial charge in [0.1, 0.15) is 0 Å². The molecule has 0 amide bonds. The van der Waals surface area contributed by atoms with Crippen LogP contribution in [-0.2, 0) is 0 Å². The lowest BCUT2D eigenvalue weighted by molar-refractivity contribution is 0.190. The number of likely N-dealkylation sites (N-methyl/N-ethyl adjacent to an activating group) is 1. The van der Waals surface area contributed by atoms with E-state index in [-0.39, 0.29) is 12.1 Å². The molecule has 0 spiro atoms. The minimum absolute atomic E-state index is 0.136. The van der Waals surface area contributed by atoms with Crippen molar-refractivity contribution in [3.8, 4) is 11.5 Å². The highest BCUT2D eigenvalue weighted by molar-refractivity contribution is 5.79. The first-order valence-corrected chi connectivity index (χ1v) is 8.21. The molecule has 1 N–H and O–H groups in total. The molecule has 3 aromatic heterocycles. The summed E-state index contributed by atoms with van der Waals surface area (Å²) in [4.78, 5) is 11.3. The van der Waals surface area contributed by atoms with Crippen LogP contribution in [0.25, 0.3) is 22.5 Å². The van der Waals surface area contributed by atoms with Gasteiger partial charge < -0.3 is 9.84 Å². The van der Waals surface area contributed by atoms with Gasteiger partial charge in [-0.15, -0.1) is 0 Å². The molecule has 126 valence electrons. The SMILES string of the molecule is CC(C)n1ncc2cc(-c3nc(C4CNCCN4C)no3)cnc21. The number of pyridine rings is 1. The molecule has 0 saturated carbocycles. The maximum Gasteiger partial charge on any atom is 0.259 e. The Morgan fingerprint density at radius 3 is 3.00 bits per heavy atom. The molecule has 0 bridgehead atoms. The molecular formula is C16H21N7O. The molecule has 0 radical (unpaired) electrons. The van der Waals surface area contributed by atoms with Gasteiger partial charge in [-0.3, -0.25) is 4.90 Å². The van der Waals surface area contributed by atoms with Crippen LogP contribution in [0.2, 0.25) is 0 Å². The van der Waals surface area contributed by atoms with E-state index >= 15 is 0 Å². The van der Waals surface area contributed by atoms with E-state index in [1.165, 1.54) is 0 Å². The highest BCUT2D eigenvalue weighted by atomic mass is 16.5. The van der Waals surface area contributed by atoms with Gasteiger partial charge in [0, 0.05) is 37.3 Å². The van der Waals surface area contributed by atoms with Crippen molar-refractivity contribution in [1.29, 1.82) is 0 Å². The first kappa shape index (κ1) is 15.2. The fourth-order valence-corrected chi connectivity index (χ4v) is 3.02. The zero-order chi connectivity index (χ0) is 16.7. The quantitative estimate of drug-likeness (QED) is 0.782. The Kier molecular flexibility index (Phi) is 3.78. The van der Waals surface area contributed by atoms with Crippen LogP contribution in [0.3, 0.4) is 0 Å². The molecule has 1 fully saturated rings. The molecular weight excluding hydrogens is 306 g/mol. The van der Waals surface area contributed by atoms with Gasteiger partial charge in [0.15, 0.2) is 11.5 Å². The summed E-state index contributed by atoms with van der Waals surface area (Å²) in [5.74, 6) is 1.20.